The number of phenolic OH excluding ortho intramolecular Hbond substituents is 1. The molecule has 6 rings (SSSR count). The summed E-state index contributed by atoms with van der Waals surface area (Å²) in [5.74, 6) is 1.60. The Morgan fingerprint density at radius 2 is 1.90 bits per heavy atom. The third-order valence-corrected chi connectivity index (χ3v) is 5.24. The minimum atomic E-state index is -0.160. The average molecular weight is 393 g/mol. The quantitative estimate of drug-likeness (QED) is 0.475. The molecule has 5 aromatic rings. The summed E-state index contributed by atoms with van der Waals surface area (Å²) in [5.41, 5.74) is 4.35. The fraction of sp³-hybridized carbons (Fsp3) is 0.0435. The Labute approximate surface area is 171 Å². The number of hydrogen-bond donors (Lipinski definition) is 1. The van der Waals surface area contributed by atoms with Crippen molar-refractivity contribution in [2.75, 3.05) is 0 Å². The Morgan fingerprint density at radius 1 is 1.00 bits per heavy atom. The first-order valence-corrected chi connectivity index (χ1v) is 9.49. The molecular weight excluding hydrogens is 378 g/mol. The van der Waals surface area contributed by atoms with Gasteiger partial charge in [0.25, 0.3) is 0 Å². The summed E-state index contributed by atoms with van der Waals surface area (Å²) >= 11 is 0. The Kier molecular flexibility index (Phi) is 3.55. The Morgan fingerprint density at radius 3 is 2.73 bits per heavy atom. The number of benzene rings is 2. The second kappa shape index (κ2) is 6.38. The van der Waals surface area contributed by atoms with E-state index < -0.39 is 0 Å². The monoisotopic (exact) mass is 393 g/mol. The van der Waals surface area contributed by atoms with Crippen LogP contribution in [0.15, 0.2) is 79.4 Å². The molecule has 30 heavy (non-hydrogen) atoms. The number of fused-ring (bicyclic) bond motifs is 4. The van der Waals surface area contributed by atoms with Crippen LogP contribution in [-0.4, -0.2) is 29.7 Å². The topological polar surface area (TPSA) is 85.4 Å². The normalized spacial score (nSPS) is 14.7. The van der Waals surface area contributed by atoms with E-state index in [0.717, 1.165) is 22.3 Å². The molecule has 0 amide bonds. The van der Waals surface area contributed by atoms with E-state index >= 15 is 0 Å². The summed E-state index contributed by atoms with van der Waals surface area (Å²) in [5, 5.41) is 14.6. The largest absolute Gasteiger partial charge is 0.508 e. The molecule has 0 saturated carbocycles. The molecule has 144 valence electrons. The van der Waals surface area contributed by atoms with E-state index in [0.29, 0.717) is 23.1 Å². The number of aromatic hydroxyl groups is 1. The molecule has 1 aliphatic heterocycles. The number of rotatable bonds is 2. The van der Waals surface area contributed by atoms with Crippen molar-refractivity contribution >= 4 is 5.65 Å². The molecule has 3 aromatic heterocycles. The molecule has 4 heterocycles. The smallest absolute Gasteiger partial charge is 0.228 e. The third kappa shape index (κ3) is 2.52. The molecule has 0 saturated heterocycles. The van der Waals surface area contributed by atoms with Crippen LogP contribution >= 0.6 is 0 Å². The predicted octanol–water partition coefficient (Wildman–Crippen LogP) is 4.18. The van der Waals surface area contributed by atoms with Gasteiger partial charge in [-0.15, -0.1) is 5.10 Å². The van der Waals surface area contributed by atoms with Crippen molar-refractivity contribution in [3.63, 3.8) is 0 Å². The SMILES string of the molecule is Oc1ccc2c(c1)Oc1ncn3nc(-c4cccnc4)nc3c1[C@H]2c1ccccc1. The lowest BCUT2D eigenvalue weighted by atomic mass is 9.84. The van der Waals surface area contributed by atoms with Gasteiger partial charge >= 0.3 is 0 Å². The van der Waals surface area contributed by atoms with Gasteiger partial charge in [-0.1, -0.05) is 36.4 Å². The number of pyridine rings is 1. The number of phenols is 1. The maximum atomic E-state index is 9.96. The third-order valence-electron chi connectivity index (χ3n) is 5.24. The highest BCUT2D eigenvalue weighted by Gasteiger charge is 2.33. The van der Waals surface area contributed by atoms with Gasteiger partial charge in [-0.2, -0.15) is 0 Å². The molecule has 0 bridgehead atoms. The number of hydrogen-bond acceptors (Lipinski definition) is 6. The fourth-order valence-electron chi connectivity index (χ4n) is 3.91. The second-order valence-electron chi connectivity index (χ2n) is 7.08. The minimum absolute atomic E-state index is 0.145. The average Bonchev–Trinajstić information content (AvgIpc) is 3.23. The van der Waals surface area contributed by atoms with E-state index in [1.165, 1.54) is 0 Å². The predicted molar refractivity (Wildman–Crippen MR) is 110 cm³/mol. The van der Waals surface area contributed by atoms with E-state index in [-0.39, 0.29) is 11.7 Å². The summed E-state index contributed by atoms with van der Waals surface area (Å²) < 4.78 is 7.74. The number of nitrogens with zero attached hydrogens (tertiary/aromatic N) is 5. The summed E-state index contributed by atoms with van der Waals surface area (Å²) in [7, 11) is 0. The molecule has 0 aliphatic carbocycles. The van der Waals surface area contributed by atoms with Crippen LogP contribution in [0.3, 0.4) is 0 Å². The standard InChI is InChI=1S/C23H15N5O2/c29-16-8-9-17-18(11-16)30-23-20(19(17)14-5-2-1-3-6-14)22-26-21(27-28(22)13-25-23)15-7-4-10-24-12-15/h1-13,19,29H/t19-/m0/s1. The van der Waals surface area contributed by atoms with Crippen molar-refractivity contribution in [1.82, 2.24) is 24.6 Å². The summed E-state index contributed by atoms with van der Waals surface area (Å²) in [6, 6.07) is 19.1. The van der Waals surface area contributed by atoms with E-state index in [2.05, 4.69) is 27.2 Å². The van der Waals surface area contributed by atoms with Gasteiger partial charge in [0.15, 0.2) is 11.5 Å². The lowest BCUT2D eigenvalue weighted by Gasteiger charge is -2.27. The van der Waals surface area contributed by atoms with Gasteiger partial charge in [-0.05, 0) is 23.8 Å². The zero-order valence-electron chi connectivity index (χ0n) is 15.7. The van der Waals surface area contributed by atoms with Gasteiger partial charge in [-0.25, -0.2) is 14.5 Å². The van der Waals surface area contributed by atoms with Gasteiger partial charge in [0, 0.05) is 35.5 Å². The summed E-state index contributed by atoms with van der Waals surface area (Å²) in [6.07, 6.45) is 5.04. The van der Waals surface area contributed by atoms with Crippen LogP contribution in [0.1, 0.15) is 22.6 Å². The van der Waals surface area contributed by atoms with Gasteiger partial charge < -0.3 is 9.84 Å². The van der Waals surface area contributed by atoms with E-state index in [9.17, 15) is 5.11 Å². The molecule has 2 aromatic carbocycles. The van der Waals surface area contributed by atoms with E-state index in [1.54, 1.807) is 35.4 Å². The van der Waals surface area contributed by atoms with Crippen LogP contribution in [0, 0.1) is 0 Å². The van der Waals surface area contributed by atoms with Crippen molar-refractivity contribution in [2.45, 2.75) is 5.92 Å². The molecule has 0 radical (unpaired) electrons. The molecule has 0 unspecified atom stereocenters. The van der Waals surface area contributed by atoms with Crippen LogP contribution in [0.5, 0.6) is 17.4 Å². The first kappa shape index (κ1) is 16.7. The first-order chi connectivity index (χ1) is 14.8. The van der Waals surface area contributed by atoms with Crippen molar-refractivity contribution in [1.29, 1.82) is 0 Å². The number of ether oxygens (including phenoxy) is 1. The van der Waals surface area contributed by atoms with Crippen molar-refractivity contribution in [2.24, 2.45) is 0 Å². The van der Waals surface area contributed by atoms with Crippen LogP contribution in [0.25, 0.3) is 17.0 Å². The van der Waals surface area contributed by atoms with Crippen LogP contribution in [-0.2, 0) is 0 Å². The van der Waals surface area contributed by atoms with Gasteiger partial charge in [0.1, 0.15) is 17.8 Å². The maximum Gasteiger partial charge on any atom is 0.228 e. The first-order valence-electron chi connectivity index (χ1n) is 9.49. The van der Waals surface area contributed by atoms with E-state index in [4.69, 9.17) is 9.72 Å². The molecule has 1 atom stereocenters. The van der Waals surface area contributed by atoms with Crippen LogP contribution in [0.4, 0.5) is 0 Å². The molecule has 0 fully saturated rings. The van der Waals surface area contributed by atoms with Crippen LogP contribution in [0.2, 0.25) is 0 Å². The molecule has 1 N–H and O–H groups in total. The Hall–Kier alpha value is -4.26. The second-order valence-corrected chi connectivity index (χ2v) is 7.08. The van der Waals surface area contributed by atoms with Crippen molar-refractivity contribution in [3.05, 3.63) is 96.1 Å². The fourth-order valence-corrected chi connectivity index (χ4v) is 3.91. The zero-order valence-corrected chi connectivity index (χ0v) is 15.7. The maximum absolute atomic E-state index is 9.96. The minimum Gasteiger partial charge on any atom is -0.508 e. The Bertz CT molecular complexity index is 1380. The lowest BCUT2D eigenvalue weighted by Crippen LogP contribution is -2.14. The lowest BCUT2D eigenvalue weighted by molar-refractivity contribution is 0.422. The van der Waals surface area contributed by atoms with Crippen molar-refractivity contribution < 1.29 is 9.84 Å². The van der Waals surface area contributed by atoms with Gasteiger partial charge in [0.05, 0.1) is 5.56 Å². The highest BCUT2D eigenvalue weighted by molar-refractivity contribution is 5.68. The number of aromatic nitrogens is 5. The van der Waals surface area contributed by atoms with E-state index in [1.807, 2.05) is 36.4 Å². The molecule has 7 nitrogen and oxygen atoms in total. The van der Waals surface area contributed by atoms with Gasteiger partial charge in [0.2, 0.25) is 5.88 Å². The highest BCUT2D eigenvalue weighted by Crippen LogP contribution is 2.48. The molecule has 0 spiro atoms. The summed E-state index contributed by atoms with van der Waals surface area (Å²) in [6.45, 7) is 0. The Balaban J connectivity index is 1.63. The van der Waals surface area contributed by atoms with Crippen molar-refractivity contribution in [3.8, 4) is 28.8 Å². The highest BCUT2D eigenvalue weighted by atomic mass is 16.5. The molecule has 7 heteroatoms. The zero-order chi connectivity index (χ0) is 20.1. The summed E-state index contributed by atoms with van der Waals surface area (Å²) in [4.78, 5) is 13.5. The molecular formula is C23H15N5O2. The van der Waals surface area contributed by atoms with Crippen LogP contribution < -0.4 is 4.74 Å². The van der Waals surface area contributed by atoms with Gasteiger partial charge in [-0.3, -0.25) is 4.98 Å². The molecule has 1 aliphatic rings.